The Bertz CT molecular complexity index is 396. The maximum Gasteiger partial charge on any atom is 0.152 e. The van der Waals surface area contributed by atoms with E-state index in [-0.39, 0.29) is 30.3 Å². The first kappa shape index (κ1) is 26.4. The minimum Gasteiger partial charge on any atom is -0.394 e. The zero-order valence-corrected chi connectivity index (χ0v) is 17.1. The Labute approximate surface area is 163 Å². The van der Waals surface area contributed by atoms with Crippen LogP contribution in [0.4, 0.5) is 0 Å². The monoisotopic (exact) mass is 392 g/mol. The average Bonchev–Trinajstić information content (AvgIpc) is 2.66. The molecule has 6 atom stereocenters. The fourth-order valence-corrected chi connectivity index (χ4v) is 2.70. The molecule has 0 aromatic heterocycles. The normalized spacial score (nSPS) is 18.7. The SMILES string of the molecule is CCC(C)N[C@@H](CCCCNCC(O)C(O)C(O)C(O)CO)C(=O)C(C)C. The minimum absolute atomic E-state index is 0.0120. The maximum atomic E-state index is 12.3. The average molecular weight is 393 g/mol. The van der Waals surface area contributed by atoms with E-state index in [1.807, 2.05) is 13.8 Å². The highest BCUT2D eigenvalue weighted by molar-refractivity contribution is 5.85. The van der Waals surface area contributed by atoms with Crippen LogP contribution in [0.25, 0.3) is 0 Å². The molecule has 0 rings (SSSR count). The van der Waals surface area contributed by atoms with Crippen molar-refractivity contribution in [2.45, 2.75) is 89.9 Å². The summed E-state index contributed by atoms with van der Waals surface area (Å²) < 4.78 is 0. The number of ketones is 1. The van der Waals surface area contributed by atoms with Gasteiger partial charge in [-0.3, -0.25) is 4.79 Å². The number of Topliss-reactive ketones (excluding diaryl/α,β-unsaturated/α-hetero) is 1. The van der Waals surface area contributed by atoms with E-state index in [2.05, 4.69) is 24.5 Å². The number of hydrogen-bond acceptors (Lipinski definition) is 8. The molecule has 8 nitrogen and oxygen atoms in total. The molecule has 0 bridgehead atoms. The van der Waals surface area contributed by atoms with Gasteiger partial charge in [0.25, 0.3) is 0 Å². The summed E-state index contributed by atoms with van der Waals surface area (Å²) in [5.41, 5.74) is 0. The Morgan fingerprint density at radius 3 is 2.07 bits per heavy atom. The molecule has 8 heteroatoms. The number of carbonyl (C=O) groups is 1. The molecule has 162 valence electrons. The zero-order valence-electron chi connectivity index (χ0n) is 17.1. The van der Waals surface area contributed by atoms with Gasteiger partial charge in [-0.05, 0) is 32.7 Å². The standard InChI is InChI=1S/C19H40N2O6/c1-5-13(4)21-14(17(25)12(2)3)8-6-7-9-20-10-15(23)18(26)19(27)16(24)11-22/h12-16,18-24,26-27H,5-11H2,1-4H3/t13?,14-,15?,16?,18?,19?/m0/s1. The van der Waals surface area contributed by atoms with Crippen LogP contribution in [0.5, 0.6) is 0 Å². The second-order valence-electron chi connectivity index (χ2n) is 7.58. The van der Waals surface area contributed by atoms with Crippen LogP contribution in [0.15, 0.2) is 0 Å². The smallest absolute Gasteiger partial charge is 0.152 e. The van der Waals surface area contributed by atoms with Crippen LogP contribution in [0.3, 0.4) is 0 Å². The lowest BCUT2D eigenvalue weighted by Gasteiger charge is -2.26. The molecule has 0 amide bonds. The van der Waals surface area contributed by atoms with E-state index >= 15 is 0 Å². The number of aliphatic hydroxyl groups is 5. The van der Waals surface area contributed by atoms with E-state index in [1.165, 1.54) is 0 Å². The fourth-order valence-electron chi connectivity index (χ4n) is 2.70. The van der Waals surface area contributed by atoms with Crippen LogP contribution in [-0.4, -0.2) is 87.5 Å². The second-order valence-corrected chi connectivity index (χ2v) is 7.58. The van der Waals surface area contributed by atoms with Gasteiger partial charge < -0.3 is 36.2 Å². The number of rotatable bonds is 16. The number of hydrogen-bond donors (Lipinski definition) is 7. The van der Waals surface area contributed by atoms with Crippen LogP contribution in [0.2, 0.25) is 0 Å². The predicted octanol–water partition coefficient (Wildman–Crippen LogP) is -0.836. The Hall–Kier alpha value is -0.610. The molecule has 7 N–H and O–H groups in total. The van der Waals surface area contributed by atoms with Crippen molar-refractivity contribution in [1.29, 1.82) is 0 Å². The number of carbonyl (C=O) groups excluding carboxylic acids is 1. The van der Waals surface area contributed by atoms with E-state index in [9.17, 15) is 25.2 Å². The first-order valence-electron chi connectivity index (χ1n) is 9.99. The second kappa shape index (κ2) is 14.4. The van der Waals surface area contributed by atoms with E-state index in [0.717, 1.165) is 25.7 Å². The first-order valence-corrected chi connectivity index (χ1v) is 9.99. The van der Waals surface area contributed by atoms with Crippen LogP contribution < -0.4 is 10.6 Å². The summed E-state index contributed by atoms with van der Waals surface area (Å²) in [7, 11) is 0. The molecule has 0 saturated carbocycles. The van der Waals surface area contributed by atoms with E-state index in [0.29, 0.717) is 6.54 Å². The lowest BCUT2D eigenvalue weighted by molar-refractivity contribution is -0.124. The lowest BCUT2D eigenvalue weighted by atomic mass is 9.96. The van der Waals surface area contributed by atoms with Gasteiger partial charge in [-0.1, -0.05) is 27.2 Å². The van der Waals surface area contributed by atoms with Crippen molar-refractivity contribution in [2.24, 2.45) is 5.92 Å². The first-order chi connectivity index (χ1) is 12.6. The van der Waals surface area contributed by atoms with Crippen LogP contribution >= 0.6 is 0 Å². The Morgan fingerprint density at radius 2 is 1.56 bits per heavy atom. The summed E-state index contributed by atoms with van der Waals surface area (Å²) in [5.74, 6) is 0.209. The third-order valence-electron chi connectivity index (χ3n) is 4.79. The summed E-state index contributed by atoms with van der Waals surface area (Å²) in [6.45, 7) is 7.91. The third-order valence-corrected chi connectivity index (χ3v) is 4.79. The number of aliphatic hydroxyl groups excluding tert-OH is 5. The minimum atomic E-state index is -1.61. The molecule has 0 aromatic rings. The van der Waals surface area contributed by atoms with Gasteiger partial charge in [0.05, 0.1) is 18.8 Å². The van der Waals surface area contributed by atoms with Crippen molar-refractivity contribution < 1.29 is 30.3 Å². The van der Waals surface area contributed by atoms with Gasteiger partial charge in [0.15, 0.2) is 5.78 Å². The summed E-state index contributed by atoms with van der Waals surface area (Å²) in [6, 6.07) is 0.135. The van der Waals surface area contributed by atoms with E-state index in [1.54, 1.807) is 0 Å². The summed E-state index contributed by atoms with van der Waals surface area (Å²) in [5, 5.41) is 53.5. The third kappa shape index (κ3) is 10.5. The zero-order chi connectivity index (χ0) is 21.0. The van der Waals surface area contributed by atoms with Crippen LogP contribution in [-0.2, 0) is 4.79 Å². The molecular weight excluding hydrogens is 352 g/mol. The van der Waals surface area contributed by atoms with Gasteiger partial charge in [0.1, 0.15) is 18.3 Å². The number of nitrogens with one attached hydrogen (secondary N) is 2. The molecule has 0 aliphatic rings. The van der Waals surface area contributed by atoms with Crippen molar-refractivity contribution >= 4 is 5.78 Å². The molecule has 0 aromatic carbocycles. The lowest BCUT2D eigenvalue weighted by Crippen LogP contribution is -2.49. The van der Waals surface area contributed by atoms with Gasteiger partial charge in [-0.2, -0.15) is 0 Å². The van der Waals surface area contributed by atoms with Crippen molar-refractivity contribution in [3.63, 3.8) is 0 Å². The Morgan fingerprint density at radius 1 is 0.963 bits per heavy atom. The van der Waals surface area contributed by atoms with Gasteiger partial charge in [-0.25, -0.2) is 0 Å². The fraction of sp³-hybridized carbons (Fsp3) is 0.947. The molecule has 0 heterocycles. The van der Waals surface area contributed by atoms with Gasteiger partial charge >= 0.3 is 0 Å². The molecule has 0 spiro atoms. The quantitative estimate of drug-likeness (QED) is 0.169. The van der Waals surface area contributed by atoms with E-state index < -0.39 is 31.0 Å². The van der Waals surface area contributed by atoms with Gasteiger partial charge in [-0.15, -0.1) is 0 Å². The molecular formula is C19H40N2O6. The highest BCUT2D eigenvalue weighted by atomic mass is 16.4. The maximum absolute atomic E-state index is 12.3. The largest absolute Gasteiger partial charge is 0.394 e. The van der Waals surface area contributed by atoms with E-state index in [4.69, 9.17) is 5.11 Å². The molecule has 0 aliphatic heterocycles. The summed E-state index contributed by atoms with van der Waals surface area (Å²) in [6.07, 6.45) is -2.57. The van der Waals surface area contributed by atoms with Crippen molar-refractivity contribution in [3.8, 4) is 0 Å². The Kier molecular flexibility index (Phi) is 14.1. The number of unbranched alkanes of at least 4 members (excludes halogenated alkanes) is 1. The van der Waals surface area contributed by atoms with Gasteiger partial charge in [0.2, 0.25) is 0 Å². The van der Waals surface area contributed by atoms with Crippen LogP contribution in [0.1, 0.15) is 53.4 Å². The molecule has 27 heavy (non-hydrogen) atoms. The molecule has 0 radical (unpaired) electrons. The summed E-state index contributed by atoms with van der Waals surface area (Å²) >= 11 is 0. The van der Waals surface area contributed by atoms with Crippen molar-refractivity contribution in [1.82, 2.24) is 10.6 Å². The summed E-state index contributed by atoms with van der Waals surface area (Å²) in [4.78, 5) is 12.3. The Balaban J connectivity index is 4.15. The van der Waals surface area contributed by atoms with Gasteiger partial charge in [0, 0.05) is 18.5 Å². The highest BCUT2D eigenvalue weighted by Crippen LogP contribution is 2.10. The molecule has 0 aliphatic carbocycles. The van der Waals surface area contributed by atoms with Crippen LogP contribution in [0, 0.1) is 5.92 Å². The topological polar surface area (TPSA) is 142 Å². The molecule has 0 fully saturated rings. The van der Waals surface area contributed by atoms with Crippen molar-refractivity contribution in [2.75, 3.05) is 19.7 Å². The van der Waals surface area contributed by atoms with Crippen molar-refractivity contribution in [3.05, 3.63) is 0 Å². The molecule has 5 unspecified atom stereocenters. The molecule has 0 saturated heterocycles. The highest BCUT2D eigenvalue weighted by Gasteiger charge is 2.29. The predicted molar refractivity (Wildman–Crippen MR) is 104 cm³/mol.